The summed E-state index contributed by atoms with van der Waals surface area (Å²) in [4.78, 5) is 16.3. The topological polar surface area (TPSA) is 74.2 Å². The number of nitrogens with one attached hydrogen (secondary N) is 2. The van der Waals surface area contributed by atoms with Gasteiger partial charge >= 0.3 is 0 Å². The maximum Gasteiger partial charge on any atom is 0.253 e. The first-order chi connectivity index (χ1) is 9.61. The van der Waals surface area contributed by atoms with Gasteiger partial charge in [-0.2, -0.15) is 0 Å². The average Bonchev–Trinajstić information content (AvgIpc) is 2.64. The Morgan fingerprint density at radius 1 is 1.40 bits per heavy atom. The zero-order chi connectivity index (χ0) is 14.5. The maximum absolute atomic E-state index is 12.3. The van der Waals surface area contributed by atoms with E-state index in [1.165, 1.54) is 6.20 Å². The average molecular weight is 298 g/mol. The van der Waals surface area contributed by atoms with E-state index in [-0.39, 0.29) is 11.9 Å². The summed E-state index contributed by atoms with van der Waals surface area (Å²) < 4.78 is 0. The molecule has 0 aromatic carbocycles. The van der Waals surface area contributed by atoms with Crippen molar-refractivity contribution in [2.24, 2.45) is 0 Å². The molecule has 1 aliphatic carbocycles. The number of nitrogens with zero attached hydrogens (tertiary/aromatic N) is 1. The second-order valence-electron chi connectivity index (χ2n) is 5.08. The molecular weight excluding hydrogens is 278 g/mol. The molecule has 1 heterocycles. The molecule has 1 amide bonds. The van der Waals surface area contributed by atoms with E-state index in [2.05, 4.69) is 15.6 Å². The number of carbonyl (C=O) groups excluding carboxylic acids is 1. The van der Waals surface area contributed by atoms with Crippen molar-refractivity contribution in [1.82, 2.24) is 10.3 Å². The summed E-state index contributed by atoms with van der Waals surface area (Å²) >= 11 is 6.02. The fourth-order valence-electron chi connectivity index (χ4n) is 2.45. The van der Waals surface area contributed by atoms with Crippen molar-refractivity contribution in [3.8, 4) is 0 Å². The molecule has 0 bridgehead atoms. The summed E-state index contributed by atoms with van der Waals surface area (Å²) in [5, 5.41) is 16.1. The normalized spacial score (nSPS) is 22.9. The van der Waals surface area contributed by atoms with E-state index >= 15 is 0 Å². The number of aliphatic hydroxyl groups is 1. The highest BCUT2D eigenvalue weighted by molar-refractivity contribution is 6.33. The predicted octanol–water partition coefficient (Wildman–Crippen LogP) is 2.20. The van der Waals surface area contributed by atoms with E-state index in [4.69, 9.17) is 11.6 Å². The zero-order valence-corrected chi connectivity index (χ0v) is 12.3. The van der Waals surface area contributed by atoms with Gasteiger partial charge in [-0.05, 0) is 18.9 Å². The third-order valence-electron chi connectivity index (χ3n) is 3.65. The quantitative estimate of drug-likeness (QED) is 0.748. The molecular formula is C14H20ClN3O2. The largest absolute Gasteiger partial charge is 0.391 e. The molecule has 20 heavy (non-hydrogen) atoms. The Hall–Kier alpha value is -1.33. The molecule has 5 nitrogen and oxygen atoms in total. The maximum atomic E-state index is 12.3. The van der Waals surface area contributed by atoms with Crippen LogP contribution in [0.1, 0.15) is 42.5 Å². The molecule has 2 unspecified atom stereocenters. The lowest BCUT2D eigenvalue weighted by Gasteiger charge is -2.22. The summed E-state index contributed by atoms with van der Waals surface area (Å²) in [6.07, 6.45) is 5.63. The van der Waals surface area contributed by atoms with Crippen LogP contribution in [-0.4, -0.2) is 35.2 Å². The number of aliphatic hydroxyl groups excluding tert-OH is 1. The van der Waals surface area contributed by atoms with Crippen molar-refractivity contribution >= 4 is 23.3 Å². The highest BCUT2D eigenvalue weighted by Crippen LogP contribution is 2.21. The highest BCUT2D eigenvalue weighted by atomic mass is 35.5. The number of rotatable bonds is 3. The van der Waals surface area contributed by atoms with Gasteiger partial charge in [0.25, 0.3) is 5.91 Å². The number of aromatic nitrogens is 1. The summed E-state index contributed by atoms with van der Waals surface area (Å²) in [6, 6.07) is 1.41. The van der Waals surface area contributed by atoms with Crippen LogP contribution in [0.25, 0.3) is 0 Å². The molecule has 2 atom stereocenters. The molecule has 1 aromatic rings. The van der Waals surface area contributed by atoms with Crippen LogP contribution in [0.3, 0.4) is 0 Å². The smallest absolute Gasteiger partial charge is 0.253 e. The Morgan fingerprint density at radius 2 is 2.15 bits per heavy atom. The number of carbonyl (C=O) groups is 1. The van der Waals surface area contributed by atoms with Crippen molar-refractivity contribution in [3.63, 3.8) is 0 Å². The van der Waals surface area contributed by atoms with Crippen LogP contribution in [0.15, 0.2) is 12.3 Å². The number of halogens is 1. The van der Waals surface area contributed by atoms with Crippen molar-refractivity contribution in [2.45, 2.75) is 44.2 Å². The third-order valence-corrected chi connectivity index (χ3v) is 3.95. The Kier molecular flexibility index (Phi) is 5.20. The van der Waals surface area contributed by atoms with Gasteiger partial charge in [0.2, 0.25) is 0 Å². The number of pyridine rings is 1. The lowest BCUT2D eigenvalue weighted by molar-refractivity contribution is 0.0819. The minimum Gasteiger partial charge on any atom is -0.391 e. The molecule has 1 saturated carbocycles. The van der Waals surface area contributed by atoms with Gasteiger partial charge in [0, 0.05) is 13.2 Å². The first-order valence-corrected chi connectivity index (χ1v) is 7.32. The van der Waals surface area contributed by atoms with Crippen LogP contribution < -0.4 is 10.6 Å². The van der Waals surface area contributed by atoms with Gasteiger partial charge < -0.3 is 15.7 Å². The molecule has 1 fully saturated rings. The second kappa shape index (κ2) is 6.90. The standard InChI is InChI=1S/C14H20ClN3O2/c1-16-13-7-9(10(15)8-17-13)14(20)18-11-5-3-2-4-6-12(11)19/h7-8,11-12,19H,2-6H2,1H3,(H,16,17)(H,18,20). The fourth-order valence-corrected chi connectivity index (χ4v) is 2.64. The van der Waals surface area contributed by atoms with Crippen LogP contribution in [0.5, 0.6) is 0 Å². The van der Waals surface area contributed by atoms with Gasteiger partial charge in [-0.25, -0.2) is 4.98 Å². The minimum atomic E-state index is -0.481. The Balaban J connectivity index is 2.10. The van der Waals surface area contributed by atoms with Gasteiger partial charge in [-0.15, -0.1) is 0 Å². The first kappa shape index (κ1) is 15.1. The van der Waals surface area contributed by atoms with E-state index < -0.39 is 6.10 Å². The number of hydrogen-bond donors (Lipinski definition) is 3. The van der Waals surface area contributed by atoms with Crippen molar-refractivity contribution in [2.75, 3.05) is 12.4 Å². The number of amides is 1. The molecule has 110 valence electrons. The lowest BCUT2D eigenvalue weighted by atomic mass is 10.1. The van der Waals surface area contributed by atoms with E-state index in [1.54, 1.807) is 13.1 Å². The van der Waals surface area contributed by atoms with Crippen LogP contribution >= 0.6 is 11.6 Å². The summed E-state index contributed by atoms with van der Waals surface area (Å²) in [7, 11) is 1.73. The lowest BCUT2D eigenvalue weighted by Crippen LogP contribution is -2.42. The van der Waals surface area contributed by atoms with E-state index in [9.17, 15) is 9.90 Å². The molecule has 1 aromatic heterocycles. The zero-order valence-electron chi connectivity index (χ0n) is 11.5. The molecule has 3 N–H and O–H groups in total. The second-order valence-corrected chi connectivity index (χ2v) is 5.49. The van der Waals surface area contributed by atoms with Crippen LogP contribution in [-0.2, 0) is 0 Å². The molecule has 6 heteroatoms. The molecule has 1 aliphatic rings. The molecule has 0 spiro atoms. The molecule has 0 saturated heterocycles. The fraction of sp³-hybridized carbons (Fsp3) is 0.571. The van der Waals surface area contributed by atoms with Gasteiger partial charge in [0.05, 0.1) is 22.7 Å². The summed E-state index contributed by atoms with van der Waals surface area (Å²) in [5.74, 6) is 0.320. The molecule has 0 radical (unpaired) electrons. The van der Waals surface area contributed by atoms with Gasteiger partial charge in [0.1, 0.15) is 5.82 Å². The van der Waals surface area contributed by atoms with Crippen molar-refractivity contribution < 1.29 is 9.90 Å². The predicted molar refractivity (Wildman–Crippen MR) is 79.1 cm³/mol. The minimum absolute atomic E-state index is 0.202. The van der Waals surface area contributed by atoms with Crippen LogP contribution in [0.2, 0.25) is 5.02 Å². The third kappa shape index (κ3) is 3.61. The monoisotopic (exact) mass is 297 g/mol. The van der Waals surface area contributed by atoms with Crippen LogP contribution in [0, 0.1) is 0 Å². The first-order valence-electron chi connectivity index (χ1n) is 6.94. The van der Waals surface area contributed by atoms with E-state index in [0.29, 0.717) is 16.4 Å². The highest BCUT2D eigenvalue weighted by Gasteiger charge is 2.24. The van der Waals surface area contributed by atoms with E-state index in [0.717, 1.165) is 32.1 Å². The molecule has 0 aliphatic heterocycles. The van der Waals surface area contributed by atoms with Gasteiger partial charge in [0.15, 0.2) is 0 Å². The Labute approximate surface area is 123 Å². The van der Waals surface area contributed by atoms with Gasteiger partial charge in [-0.3, -0.25) is 4.79 Å². The summed E-state index contributed by atoms with van der Waals surface area (Å²) in [5.41, 5.74) is 0.377. The Morgan fingerprint density at radius 3 is 2.90 bits per heavy atom. The number of hydrogen-bond acceptors (Lipinski definition) is 4. The van der Waals surface area contributed by atoms with Crippen molar-refractivity contribution in [3.05, 3.63) is 22.8 Å². The van der Waals surface area contributed by atoms with Gasteiger partial charge in [-0.1, -0.05) is 30.9 Å². The van der Waals surface area contributed by atoms with E-state index in [1.807, 2.05) is 0 Å². The SMILES string of the molecule is CNc1cc(C(=O)NC2CCCCCC2O)c(Cl)cn1. The Bertz CT molecular complexity index is 481. The van der Waals surface area contributed by atoms with Crippen molar-refractivity contribution in [1.29, 1.82) is 0 Å². The van der Waals surface area contributed by atoms with Crippen LogP contribution in [0.4, 0.5) is 5.82 Å². The summed E-state index contributed by atoms with van der Waals surface area (Å²) in [6.45, 7) is 0. The molecule has 2 rings (SSSR count). The number of anilines is 1.